The molecule has 21 heavy (non-hydrogen) atoms. The number of anilines is 1. The van der Waals surface area contributed by atoms with Gasteiger partial charge in [0.2, 0.25) is 0 Å². The third kappa shape index (κ3) is 8.65. The monoisotopic (exact) mass is 297 g/mol. The second-order valence-corrected chi connectivity index (χ2v) is 4.18. The Hall–Kier alpha value is -1.17. The molecule has 1 aromatic carbocycles. The van der Waals surface area contributed by atoms with E-state index >= 15 is 0 Å². The van der Waals surface area contributed by atoms with Crippen LogP contribution in [0, 0.1) is 13.0 Å². The first-order valence-electron chi connectivity index (χ1n) is 6.05. The molecule has 0 aromatic heterocycles. The second-order valence-electron chi connectivity index (χ2n) is 4.18. The predicted octanol–water partition coefficient (Wildman–Crippen LogP) is -1.49. The van der Waals surface area contributed by atoms with Gasteiger partial charge in [0.25, 0.3) is 0 Å². The molecule has 110 valence electrons. The number of benzene rings is 1. The standard InChI is InChI=1S/C11H13NO.C4H5NO2.Na/c1-9(2)10-6-4-5-7-11(10)12(3)8-13;1-2-4(7)5-3-6;/h4-6,9H,1-3H3;1-2H2,(H,5,6,7);/q2*-2;+1. The summed E-state index contributed by atoms with van der Waals surface area (Å²) in [7, 11) is 1.69. The van der Waals surface area contributed by atoms with Crippen LogP contribution < -0.4 is 39.8 Å². The molecule has 0 heterocycles. The summed E-state index contributed by atoms with van der Waals surface area (Å²) < 4.78 is 0. The van der Waals surface area contributed by atoms with E-state index in [1.54, 1.807) is 18.4 Å². The first kappa shape index (κ1) is 22.1. The van der Waals surface area contributed by atoms with E-state index in [9.17, 15) is 14.4 Å². The third-order valence-electron chi connectivity index (χ3n) is 2.38. The van der Waals surface area contributed by atoms with Gasteiger partial charge in [-0.1, -0.05) is 19.8 Å². The summed E-state index contributed by atoms with van der Waals surface area (Å²) in [5.41, 5.74) is 1.93. The molecule has 0 aliphatic carbocycles. The van der Waals surface area contributed by atoms with Gasteiger partial charge in [0.05, 0.1) is 12.8 Å². The smallest absolute Gasteiger partial charge is 0.501 e. The van der Waals surface area contributed by atoms with Gasteiger partial charge >= 0.3 is 29.6 Å². The van der Waals surface area contributed by atoms with Crippen LogP contribution in [0.25, 0.3) is 0 Å². The number of amides is 3. The molecule has 0 saturated heterocycles. The van der Waals surface area contributed by atoms with Gasteiger partial charge in [0, 0.05) is 5.91 Å². The number of hydrogen-bond acceptors (Lipinski definition) is 3. The molecule has 6 heteroatoms. The van der Waals surface area contributed by atoms with Crippen LogP contribution in [-0.4, -0.2) is 25.8 Å². The first-order chi connectivity index (χ1) is 9.47. The van der Waals surface area contributed by atoms with Crippen molar-refractivity contribution in [1.82, 2.24) is 5.32 Å². The van der Waals surface area contributed by atoms with Gasteiger partial charge in [-0.25, -0.2) is 11.3 Å². The molecule has 0 bridgehead atoms. The maximum atomic E-state index is 10.5. The molecule has 1 rings (SSSR count). The normalized spacial score (nSPS) is 8.81. The molecule has 0 radical (unpaired) electrons. The van der Waals surface area contributed by atoms with Crippen LogP contribution in [0.5, 0.6) is 0 Å². The minimum Gasteiger partial charge on any atom is -0.501 e. The summed E-state index contributed by atoms with van der Waals surface area (Å²) in [4.78, 5) is 31.2. The number of imide groups is 1. The number of nitrogens with one attached hydrogen (secondary N) is 1. The third-order valence-corrected chi connectivity index (χ3v) is 2.38. The number of para-hydroxylation sites is 1. The second kappa shape index (κ2) is 12.6. The molecule has 0 aliphatic heterocycles. The minimum atomic E-state index is -0.407. The van der Waals surface area contributed by atoms with Crippen molar-refractivity contribution in [1.29, 1.82) is 0 Å². The van der Waals surface area contributed by atoms with Crippen molar-refractivity contribution in [3.8, 4) is 0 Å². The summed E-state index contributed by atoms with van der Waals surface area (Å²) in [6.45, 7) is 7.39. The first-order valence-corrected chi connectivity index (χ1v) is 6.05. The molecule has 0 atom stereocenters. The van der Waals surface area contributed by atoms with Crippen molar-refractivity contribution in [2.45, 2.75) is 26.2 Å². The Morgan fingerprint density at radius 2 is 2.10 bits per heavy atom. The van der Waals surface area contributed by atoms with Crippen LogP contribution >= 0.6 is 0 Å². The van der Waals surface area contributed by atoms with E-state index < -0.39 is 5.91 Å². The summed E-state index contributed by atoms with van der Waals surface area (Å²) in [6, 6.07) is 8.77. The Morgan fingerprint density at radius 3 is 2.48 bits per heavy atom. The van der Waals surface area contributed by atoms with Crippen molar-refractivity contribution in [2.75, 3.05) is 11.9 Å². The van der Waals surface area contributed by atoms with E-state index in [4.69, 9.17) is 0 Å². The Bertz CT molecular complexity index is 450. The molecule has 0 fully saturated rings. The number of carbonyl (C=O) groups excluding carboxylic acids is 3. The summed E-state index contributed by atoms with van der Waals surface area (Å²) in [6.07, 6.45) is 3.14. The Morgan fingerprint density at radius 1 is 1.48 bits per heavy atom. The number of hydrogen-bond donors (Lipinski definition) is 1. The van der Waals surface area contributed by atoms with E-state index in [1.165, 1.54) is 11.3 Å². The van der Waals surface area contributed by atoms with Gasteiger partial charge < -0.3 is 31.5 Å². The molecule has 3 amide bonds. The maximum Gasteiger partial charge on any atom is 1.00 e. The summed E-state index contributed by atoms with van der Waals surface area (Å²) in [5.74, 6) is -0.0155. The van der Waals surface area contributed by atoms with E-state index in [1.807, 2.05) is 18.5 Å². The maximum absolute atomic E-state index is 10.5. The van der Waals surface area contributed by atoms with Gasteiger partial charge in [0.15, 0.2) is 0 Å². The predicted molar refractivity (Wildman–Crippen MR) is 77.3 cm³/mol. The van der Waals surface area contributed by atoms with Gasteiger partial charge in [-0.2, -0.15) is 24.6 Å². The van der Waals surface area contributed by atoms with Crippen LogP contribution in [0.3, 0.4) is 0 Å². The number of nitrogens with zero attached hydrogens (tertiary/aromatic N) is 1. The SMILES string of the molecule is CC(C)c1ccc[c-]c1N(C)[C-]=O.[CH2-]CC(=O)N[C-]=O.[Na+]. The van der Waals surface area contributed by atoms with E-state index in [-0.39, 0.29) is 36.0 Å². The van der Waals surface area contributed by atoms with Gasteiger partial charge in [-0.3, -0.25) is 6.07 Å². The van der Waals surface area contributed by atoms with Crippen molar-refractivity contribution in [3.63, 3.8) is 0 Å². The fraction of sp³-hybridized carbons (Fsp3) is 0.333. The largest absolute Gasteiger partial charge is 1.00 e. The van der Waals surface area contributed by atoms with Crippen molar-refractivity contribution in [3.05, 3.63) is 36.8 Å². The van der Waals surface area contributed by atoms with Crippen molar-refractivity contribution in [2.24, 2.45) is 0 Å². The van der Waals surface area contributed by atoms with E-state index in [0.717, 1.165) is 11.3 Å². The van der Waals surface area contributed by atoms with Gasteiger partial charge in [-0.15, -0.1) is 0 Å². The Balaban J connectivity index is 0. The summed E-state index contributed by atoms with van der Waals surface area (Å²) in [5, 5.41) is 1.79. The quantitative estimate of drug-likeness (QED) is 0.409. The number of carbonyl (C=O) groups is 1. The average Bonchev–Trinajstić information content (AvgIpc) is 2.47. The topological polar surface area (TPSA) is 66.5 Å². The van der Waals surface area contributed by atoms with Gasteiger partial charge in [0.1, 0.15) is 0 Å². The molecular formula is C15H18N2NaO3-3. The Labute approximate surface area is 148 Å². The Kier molecular flexibility index (Phi) is 13.2. The van der Waals surface area contributed by atoms with E-state index in [2.05, 4.69) is 26.8 Å². The number of rotatable bonds is 5. The van der Waals surface area contributed by atoms with Crippen LogP contribution in [0.4, 0.5) is 5.69 Å². The fourth-order valence-corrected chi connectivity index (χ4v) is 1.36. The zero-order chi connectivity index (χ0) is 15.5. The molecular weight excluding hydrogens is 279 g/mol. The zero-order valence-electron chi connectivity index (χ0n) is 12.9. The van der Waals surface area contributed by atoms with Crippen molar-refractivity contribution >= 4 is 24.4 Å². The molecule has 5 nitrogen and oxygen atoms in total. The zero-order valence-corrected chi connectivity index (χ0v) is 14.9. The molecule has 0 unspecified atom stereocenters. The van der Waals surface area contributed by atoms with Crippen LogP contribution in [0.15, 0.2) is 18.2 Å². The molecule has 1 aromatic rings. The minimum absolute atomic E-state index is 0. The molecule has 0 spiro atoms. The summed E-state index contributed by atoms with van der Waals surface area (Å²) >= 11 is 0. The molecule has 0 saturated carbocycles. The van der Waals surface area contributed by atoms with Crippen LogP contribution in [0.1, 0.15) is 31.7 Å². The molecule has 0 aliphatic rings. The van der Waals surface area contributed by atoms with Crippen LogP contribution in [0.2, 0.25) is 0 Å². The fourth-order valence-electron chi connectivity index (χ4n) is 1.36. The molecule has 1 N–H and O–H groups in total. The van der Waals surface area contributed by atoms with E-state index in [0.29, 0.717) is 5.92 Å². The van der Waals surface area contributed by atoms with Gasteiger partial charge in [-0.05, 0) is 7.05 Å². The average molecular weight is 297 g/mol. The van der Waals surface area contributed by atoms with Crippen LogP contribution in [-0.2, 0) is 14.4 Å². The van der Waals surface area contributed by atoms with Crippen molar-refractivity contribution < 1.29 is 43.9 Å².